The second-order valence-corrected chi connectivity index (χ2v) is 7.28. The number of benzene rings is 1. The van der Waals surface area contributed by atoms with Crippen molar-refractivity contribution in [1.82, 2.24) is 0 Å². The Bertz CT molecular complexity index is 769. The first-order valence-corrected chi connectivity index (χ1v) is 8.74. The molecule has 24 heavy (non-hydrogen) atoms. The summed E-state index contributed by atoms with van der Waals surface area (Å²) in [6.45, 7) is 6.57. The molecule has 0 unspecified atom stereocenters. The Labute approximate surface area is 145 Å². The van der Waals surface area contributed by atoms with Gasteiger partial charge >= 0.3 is 0 Å². The van der Waals surface area contributed by atoms with Crippen LogP contribution in [0.15, 0.2) is 35.7 Å². The molecule has 1 aliphatic heterocycles. The topological polar surface area (TPSA) is 58.6 Å². The van der Waals surface area contributed by atoms with Crippen molar-refractivity contribution < 1.29 is 14.3 Å². The Balaban J connectivity index is 1.90. The van der Waals surface area contributed by atoms with Crippen LogP contribution in [0.3, 0.4) is 0 Å². The van der Waals surface area contributed by atoms with Gasteiger partial charge in [0, 0.05) is 18.3 Å². The van der Waals surface area contributed by atoms with E-state index in [1.165, 1.54) is 11.3 Å². The Morgan fingerprint density at radius 2 is 2.17 bits per heavy atom. The fourth-order valence-corrected chi connectivity index (χ4v) is 3.26. The summed E-state index contributed by atoms with van der Waals surface area (Å²) >= 11 is 1.39. The maximum absolute atomic E-state index is 12.7. The molecular formula is C18H20N2O3S. The van der Waals surface area contributed by atoms with Gasteiger partial charge in [0.2, 0.25) is 5.91 Å². The molecule has 3 rings (SSSR count). The molecule has 0 radical (unpaired) electrons. The zero-order valence-corrected chi connectivity index (χ0v) is 14.8. The highest BCUT2D eigenvalue weighted by atomic mass is 32.1. The lowest BCUT2D eigenvalue weighted by atomic mass is 9.93. The molecule has 1 N–H and O–H groups in total. The third kappa shape index (κ3) is 3.01. The van der Waals surface area contributed by atoms with E-state index >= 15 is 0 Å². The normalized spacial score (nSPS) is 16.1. The van der Waals surface area contributed by atoms with E-state index in [1.807, 2.05) is 38.3 Å². The van der Waals surface area contributed by atoms with Crippen LogP contribution in [0.1, 0.15) is 30.4 Å². The Kier molecular flexibility index (Phi) is 4.32. The van der Waals surface area contributed by atoms with Crippen LogP contribution in [-0.2, 0) is 4.79 Å². The summed E-state index contributed by atoms with van der Waals surface area (Å²) in [4.78, 5) is 27.2. The smallest absolute Gasteiger partial charge is 0.265 e. The number of nitrogens with one attached hydrogen (secondary N) is 1. The molecule has 0 saturated carbocycles. The Hall–Kier alpha value is -2.34. The molecule has 0 saturated heterocycles. The summed E-state index contributed by atoms with van der Waals surface area (Å²) in [6, 6.07) is 9.01. The summed E-state index contributed by atoms with van der Waals surface area (Å²) in [5, 5.41) is 4.73. The summed E-state index contributed by atoms with van der Waals surface area (Å²) in [7, 11) is 0. The SMILES string of the molecule is CCN1C(=O)C(C)(C)COc2cc(NC(=O)c3cccs3)ccc21. The monoisotopic (exact) mass is 344 g/mol. The van der Waals surface area contributed by atoms with Gasteiger partial charge in [0.25, 0.3) is 5.91 Å². The number of carbonyl (C=O) groups excluding carboxylic acids is 2. The van der Waals surface area contributed by atoms with E-state index in [4.69, 9.17) is 4.74 Å². The lowest BCUT2D eigenvalue weighted by molar-refractivity contribution is -0.127. The molecule has 2 amide bonds. The van der Waals surface area contributed by atoms with Gasteiger partial charge in [-0.3, -0.25) is 9.59 Å². The fourth-order valence-electron chi connectivity index (χ4n) is 2.64. The Morgan fingerprint density at radius 3 is 2.83 bits per heavy atom. The van der Waals surface area contributed by atoms with Gasteiger partial charge in [-0.2, -0.15) is 0 Å². The first-order valence-electron chi connectivity index (χ1n) is 7.86. The van der Waals surface area contributed by atoms with Gasteiger partial charge in [-0.15, -0.1) is 11.3 Å². The molecule has 126 valence electrons. The van der Waals surface area contributed by atoms with Crippen molar-refractivity contribution in [2.75, 3.05) is 23.4 Å². The average molecular weight is 344 g/mol. The molecule has 2 heterocycles. The van der Waals surface area contributed by atoms with Crippen LogP contribution < -0.4 is 15.0 Å². The number of thiophene rings is 1. The van der Waals surface area contributed by atoms with Crippen LogP contribution >= 0.6 is 11.3 Å². The molecule has 0 fully saturated rings. The van der Waals surface area contributed by atoms with E-state index in [1.54, 1.807) is 23.1 Å². The summed E-state index contributed by atoms with van der Waals surface area (Å²) in [6.07, 6.45) is 0. The summed E-state index contributed by atoms with van der Waals surface area (Å²) in [5.74, 6) is 0.501. The number of carbonyl (C=O) groups is 2. The summed E-state index contributed by atoms with van der Waals surface area (Å²) < 4.78 is 5.87. The molecule has 1 aromatic heterocycles. The van der Waals surface area contributed by atoms with Crippen molar-refractivity contribution in [3.63, 3.8) is 0 Å². The van der Waals surface area contributed by atoms with E-state index in [-0.39, 0.29) is 11.8 Å². The first kappa shape index (κ1) is 16.5. The summed E-state index contributed by atoms with van der Waals surface area (Å²) in [5.41, 5.74) is 0.799. The minimum absolute atomic E-state index is 0.0409. The zero-order chi connectivity index (χ0) is 17.3. The number of fused-ring (bicyclic) bond motifs is 1. The molecule has 0 spiro atoms. The average Bonchev–Trinajstić information content (AvgIpc) is 3.06. The van der Waals surface area contributed by atoms with E-state index in [0.717, 1.165) is 5.69 Å². The number of rotatable bonds is 3. The highest BCUT2D eigenvalue weighted by molar-refractivity contribution is 7.12. The molecule has 1 aliphatic rings. The van der Waals surface area contributed by atoms with Gasteiger partial charge in [-0.05, 0) is 44.4 Å². The highest BCUT2D eigenvalue weighted by Crippen LogP contribution is 2.38. The minimum atomic E-state index is -0.588. The van der Waals surface area contributed by atoms with Crippen molar-refractivity contribution in [1.29, 1.82) is 0 Å². The van der Waals surface area contributed by atoms with E-state index in [2.05, 4.69) is 5.32 Å². The molecule has 5 nitrogen and oxygen atoms in total. The van der Waals surface area contributed by atoms with Crippen molar-refractivity contribution in [3.05, 3.63) is 40.6 Å². The van der Waals surface area contributed by atoms with Crippen LogP contribution in [0, 0.1) is 5.41 Å². The number of nitrogens with zero attached hydrogens (tertiary/aromatic N) is 1. The third-order valence-corrected chi connectivity index (χ3v) is 4.85. The Morgan fingerprint density at radius 1 is 1.38 bits per heavy atom. The highest BCUT2D eigenvalue weighted by Gasteiger charge is 2.37. The number of hydrogen-bond acceptors (Lipinski definition) is 4. The molecule has 0 bridgehead atoms. The molecule has 0 aliphatic carbocycles. The van der Waals surface area contributed by atoms with E-state index in [0.29, 0.717) is 29.5 Å². The van der Waals surface area contributed by atoms with Crippen LogP contribution in [0.2, 0.25) is 0 Å². The van der Waals surface area contributed by atoms with Crippen LogP contribution in [-0.4, -0.2) is 25.0 Å². The van der Waals surface area contributed by atoms with Gasteiger partial charge in [-0.25, -0.2) is 0 Å². The van der Waals surface area contributed by atoms with Gasteiger partial charge < -0.3 is 15.0 Å². The van der Waals surface area contributed by atoms with Crippen LogP contribution in [0.5, 0.6) is 5.75 Å². The van der Waals surface area contributed by atoms with Crippen molar-refractivity contribution in [2.24, 2.45) is 5.41 Å². The minimum Gasteiger partial charge on any atom is -0.490 e. The number of anilines is 2. The number of ether oxygens (including phenoxy) is 1. The predicted molar refractivity (Wildman–Crippen MR) is 96.0 cm³/mol. The molecular weight excluding hydrogens is 324 g/mol. The lowest BCUT2D eigenvalue weighted by Gasteiger charge is -2.26. The molecule has 6 heteroatoms. The number of amides is 2. The number of hydrogen-bond donors (Lipinski definition) is 1. The molecule has 0 atom stereocenters. The third-order valence-electron chi connectivity index (χ3n) is 3.98. The second-order valence-electron chi connectivity index (χ2n) is 6.34. The maximum Gasteiger partial charge on any atom is 0.265 e. The van der Waals surface area contributed by atoms with Crippen molar-refractivity contribution in [3.8, 4) is 5.75 Å². The second kappa shape index (κ2) is 6.28. The molecule has 2 aromatic rings. The maximum atomic E-state index is 12.7. The van der Waals surface area contributed by atoms with Crippen LogP contribution in [0.4, 0.5) is 11.4 Å². The van der Waals surface area contributed by atoms with Gasteiger partial charge in [0.05, 0.1) is 16.0 Å². The van der Waals surface area contributed by atoms with E-state index < -0.39 is 5.41 Å². The standard InChI is InChI=1S/C18H20N2O3S/c1-4-20-13-8-7-12(19-16(21)15-6-5-9-24-15)10-14(13)23-11-18(2,3)17(20)22/h5-10H,4,11H2,1-3H3,(H,19,21). The van der Waals surface area contributed by atoms with Gasteiger partial charge in [-0.1, -0.05) is 6.07 Å². The first-order chi connectivity index (χ1) is 11.4. The zero-order valence-electron chi connectivity index (χ0n) is 14.0. The largest absolute Gasteiger partial charge is 0.490 e. The van der Waals surface area contributed by atoms with Crippen molar-refractivity contribution >= 4 is 34.5 Å². The van der Waals surface area contributed by atoms with Crippen molar-refractivity contribution in [2.45, 2.75) is 20.8 Å². The van der Waals surface area contributed by atoms with Crippen LogP contribution in [0.25, 0.3) is 0 Å². The fraction of sp³-hybridized carbons (Fsp3) is 0.333. The lowest BCUT2D eigenvalue weighted by Crippen LogP contribution is -2.42. The van der Waals surface area contributed by atoms with Gasteiger partial charge in [0.1, 0.15) is 12.4 Å². The van der Waals surface area contributed by atoms with E-state index in [9.17, 15) is 9.59 Å². The quantitative estimate of drug-likeness (QED) is 0.922. The molecule has 1 aromatic carbocycles. The predicted octanol–water partition coefficient (Wildman–Crippen LogP) is 3.77. The van der Waals surface area contributed by atoms with Gasteiger partial charge in [0.15, 0.2) is 0 Å².